The average Bonchev–Trinajstić information content (AvgIpc) is 2.56. The van der Waals surface area contributed by atoms with Crippen LogP contribution >= 0.6 is 23.2 Å². The summed E-state index contributed by atoms with van der Waals surface area (Å²) in [6.07, 6.45) is 0. The number of nitrogens with zero attached hydrogens (tertiary/aromatic N) is 2. The Morgan fingerprint density at radius 1 is 1.23 bits per heavy atom. The van der Waals surface area contributed by atoms with Crippen molar-refractivity contribution in [1.29, 1.82) is 0 Å². The van der Waals surface area contributed by atoms with E-state index in [-0.39, 0.29) is 17.8 Å². The summed E-state index contributed by atoms with van der Waals surface area (Å²) in [4.78, 5) is 12.2. The van der Waals surface area contributed by atoms with E-state index in [1.165, 1.54) is 12.1 Å². The lowest BCUT2D eigenvalue weighted by Gasteiger charge is -2.07. The molecule has 0 fully saturated rings. The monoisotopic (exact) mass is 418 g/mol. The van der Waals surface area contributed by atoms with Gasteiger partial charge in [0.05, 0.1) is 9.92 Å². The van der Waals surface area contributed by atoms with Gasteiger partial charge >= 0.3 is 5.97 Å². The number of azo groups is 1. The third-order valence-corrected chi connectivity index (χ3v) is 4.58. The lowest BCUT2D eigenvalue weighted by atomic mass is 10.2. The zero-order valence-electron chi connectivity index (χ0n) is 13.3. The van der Waals surface area contributed by atoms with Crippen molar-refractivity contribution in [2.24, 2.45) is 5.11 Å². The van der Waals surface area contributed by atoms with E-state index in [2.05, 4.69) is 10.5 Å². The Kier molecular flexibility index (Phi) is 6.19. The molecule has 0 saturated heterocycles. The molecule has 8 nitrogen and oxygen atoms in total. The van der Waals surface area contributed by atoms with Crippen LogP contribution in [0, 0.1) is 0 Å². The largest absolute Gasteiger partial charge is 0.477 e. The number of carboxylic acids is 1. The molecule has 0 saturated carbocycles. The van der Waals surface area contributed by atoms with Crippen LogP contribution in [0.1, 0.15) is 17.3 Å². The van der Waals surface area contributed by atoms with Gasteiger partial charge in [0, 0.05) is 15.9 Å². The summed E-state index contributed by atoms with van der Waals surface area (Å²) in [6.45, 7) is 2.01. The van der Waals surface area contributed by atoms with E-state index >= 15 is 0 Å². The van der Waals surface area contributed by atoms with Crippen LogP contribution in [0.2, 0.25) is 10.0 Å². The number of anilines is 1. The highest BCUT2D eigenvalue weighted by atomic mass is 35.5. The van der Waals surface area contributed by atoms with Crippen molar-refractivity contribution in [2.45, 2.75) is 11.8 Å². The van der Waals surface area contributed by atoms with Crippen molar-refractivity contribution < 1.29 is 27.7 Å². The molecule has 0 aromatic heterocycles. The van der Waals surface area contributed by atoms with Crippen molar-refractivity contribution in [3.8, 4) is 0 Å². The van der Waals surface area contributed by atoms with Gasteiger partial charge in [0.25, 0.3) is 15.8 Å². The topological polar surface area (TPSA) is 119 Å². The van der Waals surface area contributed by atoms with Crippen molar-refractivity contribution in [3.63, 3.8) is 0 Å². The van der Waals surface area contributed by atoms with Crippen molar-refractivity contribution in [1.82, 2.24) is 0 Å². The van der Waals surface area contributed by atoms with Crippen molar-refractivity contribution >= 4 is 50.7 Å². The van der Waals surface area contributed by atoms with Gasteiger partial charge in [-0.05, 0) is 42.4 Å². The normalized spacial score (nSPS) is 12.1. The van der Waals surface area contributed by atoms with Gasteiger partial charge in [0.15, 0.2) is 0 Å². The molecular formula is C15H14Cl2N3O5S+. The number of hydrazine groups is 1. The molecule has 2 rings (SSSR count). The van der Waals surface area contributed by atoms with Gasteiger partial charge in [-0.3, -0.25) is 4.55 Å². The van der Waals surface area contributed by atoms with E-state index < -0.39 is 21.0 Å². The van der Waals surface area contributed by atoms with Gasteiger partial charge in [0.1, 0.15) is 17.8 Å². The lowest BCUT2D eigenvalue weighted by molar-refractivity contribution is -0.482. The Hall–Kier alpha value is -2.20. The Morgan fingerprint density at radius 3 is 2.50 bits per heavy atom. The summed E-state index contributed by atoms with van der Waals surface area (Å²) >= 11 is 12.0. The molecule has 3 N–H and O–H groups in total. The quantitative estimate of drug-likeness (QED) is 0.281. The minimum absolute atomic E-state index is 0.0443. The van der Waals surface area contributed by atoms with Crippen LogP contribution in [0.25, 0.3) is 0 Å². The number of halogens is 2. The van der Waals surface area contributed by atoms with Crippen molar-refractivity contribution in [2.75, 3.05) is 12.0 Å². The Morgan fingerprint density at radius 2 is 1.92 bits per heavy atom. The van der Waals surface area contributed by atoms with E-state index in [4.69, 9.17) is 27.8 Å². The molecule has 138 valence electrons. The average molecular weight is 419 g/mol. The number of hydrogen-bond acceptors (Lipinski definition) is 4. The maximum atomic E-state index is 11.6. The zero-order valence-corrected chi connectivity index (χ0v) is 15.7. The standard InChI is InChI=1S/C15H13Cl2N3O5S/c1-2-18-20(19-13-7-9(16)3-5-12(13)17)14-6-4-10(26(23,24)25)8-11(14)15(21)22/h3-8H,2H2,1H3,(H2-,18,19,21,22,23,24,25)/p+1. The molecule has 0 aliphatic carbocycles. The lowest BCUT2D eigenvalue weighted by Crippen LogP contribution is -2.17. The van der Waals surface area contributed by atoms with Gasteiger partial charge in [-0.25, -0.2) is 4.79 Å². The molecule has 2 aromatic rings. The molecule has 0 spiro atoms. The number of nitrogens with one attached hydrogen (secondary N) is 1. The highest BCUT2D eigenvalue weighted by Gasteiger charge is 2.26. The minimum atomic E-state index is -4.56. The molecule has 11 heteroatoms. The van der Waals surface area contributed by atoms with E-state index in [0.717, 1.165) is 16.9 Å². The van der Waals surface area contributed by atoms with Crippen LogP contribution in [0.4, 0.5) is 11.4 Å². The maximum Gasteiger partial charge on any atom is 0.342 e. The highest BCUT2D eigenvalue weighted by Crippen LogP contribution is 2.29. The third-order valence-electron chi connectivity index (χ3n) is 3.16. The third kappa shape index (κ3) is 4.70. The summed E-state index contributed by atoms with van der Waals surface area (Å²) in [5.74, 6) is -1.40. The van der Waals surface area contributed by atoms with Crippen LogP contribution in [0.5, 0.6) is 0 Å². The van der Waals surface area contributed by atoms with Crippen molar-refractivity contribution in [3.05, 3.63) is 52.0 Å². The molecule has 0 aliphatic heterocycles. The fraction of sp³-hybridized carbons (Fsp3) is 0.133. The van der Waals surface area contributed by atoms with Crippen LogP contribution < -0.4 is 5.43 Å². The first-order chi connectivity index (χ1) is 12.1. The van der Waals surface area contributed by atoms with Crippen LogP contribution in [-0.4, -0.2) is 35.4 Å². The Labute approximate surface area is 159 Å². The first-order valence-corrected chi connectivity index (χ1v) is 9.37. The fourth-order valence-corrected chi connectivity index (χ4v) is 2.88. The van der Waals surface area contributed by atoms with E-state index in [1.54, 1.807) is 19.1 Å². The van der Waals surface area contributed by atoms with Gasteiger partial charge < -0.3 is 5.11 Å². The number of rotatable bonds is 6. The Balaban J connectivity index is 2.59. The van der Waals surface area contributed by atoms with E-state index in [1.807, 2.05) is 0 Å². The second kappa shape index (κ2) is 8.00. The summed E-state index contributed by atoms with van der Waals surface area (Å²) < 4.78 is 31.7. The molecule has 26 heavy (non-hydrogen) atoms. The smallest absolute Gasteiger partial charge is 0.342 e. The number of benzene rings is 2. The summed E-state index contributed by atoms with van der Waals surface area (Å²) in [6, 6.07) is 7.77. The SMILES string of the molecule is CCN=[N+](Nc1cc(Cl)ccc1Cl)c1ccc(S(=O)(=O)O)cc1C(=O)O. The fourth-order valence-electron chi connectivity index (χ4n) is 2.04. The molecule has 0 radical (unpaired) electrons. The summed E-state index contributed by atoms with van der Waals surface area (Å²) in [5.41, 5.74) is 2.86. The molecular weight excluding hydrogens is 405 g/mol. The van der Waals surface area contributed by atoms with Crippen LogP contribution in [-0.2, 0) is 10.1 Å². The number of aromatic carboxylic acids is 1. The van der Waals surface area contributed by atoms with Gasteiger partial charge in [-0.15, -0.1) is 5.43 Å². The molecule has 2 aromatic carbocycles. The molecule has 0 heterocycles. The van der Waals surface area contributed by atoms with Crippen LogP contribution in [0.15, 0.2) is 46.4 Å². The zero-order chi connectivity index (χ0) is 19.5. The number of hydrogen-bond donors (Lipinski definition) is 3. The highest BCUT2D eigenvalue weighted by molar-refractivity contribution is 7.85. The molecule has 0 amide bonds. The molecule has 0 unspecified atom stereocenters. The summed E-state index contributed by atoms with van der Waals surface area (Å²) in [5, 5.41) is 14.3. The van der Waals surface area contributed by atoms with Gasteiger partial charge in [0.2, 0.25) is 0 Å². The van der Waals surface area contributed by atoms with E-state index in [9.17, 15) is 18.3 Å². The summed E-state index contributed by atoms with van der Waals surface area (Å²) in [7, 11) is -4.56. The minimum Gasteiger partial charge on any atom is -0.477 e. The maximum absolute atomic E-state index is 11.6. The predicted octanol–water partition coefficient (Wildman–Crippen LogP) is 4.08. The van der Waals surface area contributed by atoms with E-state index in [0.29, 0.717) is 15.7 Å². The van der Waals surface area contributed by atoms with Crippen LogP contribution in [0.3, 0.4) is 0 Å². The number of carboxylic acid groups (broad SMARTS) is 1. The first-order valence-electron chi connectivity index (χ1n) is 7.17. The number of carbonyl (C=O) groups is 1. The molecule has 0 bridgehead atoms. The first kappa shape index (κ1) is 20.1. The molecule has 0 aliphatic rings. The predicted molar refractivity (Wildman–Crippen MR) is 96.2 cm³/mol. The molecule has 0 atom stereocenters. The second-order valence-electron chi connectivity index (χ2n) is 4.96. The second-order valence-corrected chi connectivity index (χ2v) is 7.23. The Bertz CT molecular complexity index is 993. The van der Waals surface area contributed by atoms with Gasteiger partial charge in [-0.2, -0.15) is 8.42 Å². The van der Waals surface area contributed by atoms with Gasteiger partial charge in [-0.1, -0.05) is 23.2 Å².